The highest BCUT2D eigenvalue weighted by Crippen LogP contribution is 2.23. The first-order valence-electron chi connectivity index (χ1n) is 8.34. The van der Waals surface area contributed by atoms with E-state index in [9.17, 15) is 13.2 Å². The van der Waals surface area contributed by atoms with Gasteiger partial charge >= 0.3 is 0 Å². The zero-order chi connectivity index (χ0) is 18.8. The average Bonchev–Trinajstić information content (AvgIpc) is 2.56. The first kappa shape index (κ1) is 19.8. The molecule has 0 radical (unpaired) electrons. The molecule has 1 atom stereocenters. The van der Waals surface area contributed by atoms with E-state index in [4.69, 9.17) is 0 Å². The van der Waals surface area contributed by atoms with E-state index in [2.05, 4.69) is 0 Å². The van der Waals surface area contributed by atoms with Crippen LogP contribution in [0.2, 0.25) is 0 Å². The van der Waals surface area contributed by atoms with E-state index in [1.54, 1.807) is 4.90 Å². The number of carbonyl (C=O) groups excluding carboxylic acids is 1. The van der Waals surface area contributed by atoms with E-state index in [0.29, 0.717) is 26.2 Å². The lowest BCUT2D eigenvalue weighted by Crippen LogP contribution is -2.54. The summed E-state index contributed by atoms with van der Waals surface area (Å²) in [6.07, 6.45) is 0. The Bertz CT molecular complexity index is 693. The lowest BCUT2D eigenvalue weighted by Gasteiger charge is -2.37. The lowest BCUT2D eigenvalue weighted by molar-refractivity contribution is -0.137. The van der Waals surface area contributed by atoms with Gasteiger partial charge in [-0.2, -0.15) is 17.0 Å². The highest BCUT2D eigenvalue weighted by atomic mass is 32.2. The van der Waals surface area contributed by atoms with Crippen molar-refractivity contribution in [3.8, 4) is 0 Å². The van der Waals surface area contributed by atoms with Crippen molar-refractivity contribution in [2.75, 3.05) is 54.4 Å². The van der Waals surface area contributed by atoms with Crippen LogP contribution in [0.4, 0.5) is 0 Å². The molecule has 7 nitrogen and oxygen atoms in total. The van der Waals surface area contributed by atoms with Crippen LogP contribution in [-0.4, -0.2) is 87.1 Å². The van der Waals surface area contributed by atoms with Crippen LogP contribution in [0.25, 0.3) is 0 Å². The molecule has 1 saturated heterocycles. The molecule has 0 bridgehead atoms. The fraction of sp³-hybridized carbons (Fsp3) is 0.588. The van der Waals surface area contributed by atoms with Gasteiger partial charge in [0.15, 0.2) is 0 Å². The fourth-order valence-corrected chi connectivity index (χ4v) is 4.04. The quantitative estimate of drug-likeness (QED) is 0.761. The van der Waals surface area contributed by atoms with E-state index in [0.717, 1.165) is 11.1 Å². The van der Waals surface area contributed by atoms with Gasteiger partial charge in [-0.1, -0.05) is 29.8 Å². The van der Waals surface area contributed by atoms with E-state index >= 15 is 0 Å². The van der Waals surface area contributed by atoms with Gasteiger partial charge in [0.05, 0.1) is 0 Å². The SMILES string of the molecule is Cc1ccc([C@H](C(=O)N2CCN(S(=O)(=O)N(C)C)CC2)N(C)C)cc1. The van der Waals surface area contributed by atoms with Crippen molar-refractivity contribution >= 4 is 16.1 Å². The number of rotatable bonds is 5. The predicted octanol–water partition coefficient (Wildman–Crippen LogP) is 0.548. The van der Waals surface area contributed by atoms with Crippen LogP contribution in [0.5, 0.6) is 0 Å². The van der Waals surface area contributed by atoms with Gasteiger partial charge < -0.3 is 4.90 Å². The third-order valence-corrected chi connectivity index (χ3v) is 6.42. The van der Waals surface area contributed by atoms with Crippen LogP contribution in [0.3, 0.4) is 0 Å². The molecule has 1 amide bonds. The van der Waals surface area contributed by atoms with Gasteiger partial charge in [0.25, 0.3) is 10.2 Å². The molecule has 1 aromatic rings. The van der Waals surface area contributed by atoms with E-state index in [1.165, 1.54) is 22.7 Å². The first-order chi connectivity index (χ1) is 11.6. The van der Waals surface area contributed by atoms with E-state index in [1.807, 2.05) is 50.2 Å². The first-order valence-corrected chi connectivity index (χ1v) is 9.73. The molecular weight excluding hydrogens is 340 g/mol. The molecule has 140 valence electrons. The van der Waals surface area contributed by atoms with Gasteiger partial charge in [-0.3, -0.25) is 9.69 Å². The molecule has 0 N–H and O–H groups in total. The molecule has 0 saturated carbocycles. The summed E-state index contributed by atoms with van der Waals surface area (Å²) in [6, 6.07) is 7.59. The minimum Gasteiger partial charge on any atom is -0.338 e. The monoisotopic (exact) mass is 368 g/mol. The second-order valence-corrected chi connectivity index (χ2v) is 8.93. The Morgan fingerprint density at radius 1 is 1.00 bits per heavy atom. The van der Waals surface area contributed by atoms with Gasteiger partial charge in [-0.25, -0.2) is 0 Å². The summed E-state index contributed by atoms with van der Waals surface area (Å²) in [5.74, 6) is 0.00996. The summed E-state index contributed by atoms with van der Waals surface area (Å²) >= 11 is 0. The van der Waals surface area contributed by atoms with Gasteiger partial charge in [0, 0.05) is 40.3 Å². The Morgan fingerprint density at radius 2 is 1.52 bits per heavy atom. The molecule has 25 heavy (non-hydrogen) atoms. The number of hydrogen-bond donors (Lipinski definition) is 0. The third kappa shape index (κ3) is 4.38. The summed E-state index contributed by atoms with van der Waals surface area (Å²) in [4.78, 5) is 16.7. The third-order valence-electron chi connectivity index (χ3n) is 4.48. The highest BCUT2D eigenvalue weighted by molar-refractivity contribution is 7.86. The Kier molecular flexibility index (Phi) is 6.21. The minimum absolute atomic E-state index is 0.00996. The fourth-order valence-electron chi connectivity index (χ4n) is 2.95. The normalized spacial score (nSPS) is 18.0. The zero-order valence-electron chi connectivity index (χ0n) is 15.6. The number of carbonyl (C=O) groups is 1. The highest BCUT2D eigenvalue weighted by Gasteiger charge is 2.33. The van der Waals surface area contributed by atoms with Crippen LogP contribution in [0, 0.1) is 6.92 Å². The average molecular weight is 369 g/mol. The van der Waals surface area contributed by atoms with Crippen LogP contribution in [0.1, 0.15) is 17.2 Å². The molecule has 1 aliphatic rings. The maximum Gasteiger partial charge on any atom is 0.281 e. The number of hydrogen-bond acceptors (Lipinski definition) is 4. The molecule has 2 rings (SSSR count). The molecule has 0 aliphatic carbocycles. The molecule has 1 fully saturated rings. The van der Waals surface area contributed by atoms with Crippen molar-refractivity contribution in [3.05, 3.63) is 35.4 Å². The van der Waals surface area contributed by atoms with Crippen LogP contribution in [-0.2, 0) is 15.0 Å². The maximum atomic E-state index is 13.0. The summed E-state index contributed by atoms with van der Waals surface area (Å²) in [6.45, 7) is 3.46. The van der Waals surface area contributed by atoms with E-state index < -0.39 is 10.2 Å². The van der Waals surface area contributed by atoms with Crippen LogP contribution < -0.4 is 0 Å². The van der Waals surface area contributed by atoms with Crippen LogP contribution in [0.15, 0.2) is 24.3 Å². The maximum absolute atomic E-state index is 13.0. The van der Waals surface area contributed by atoms with Crippen molar-refractivity contribution in [2.24, 2.45) is 0 Å². The van der Waals surface area contributed by atoms with Gasteiger partial charge in [0.1, 0.15) is 6.04 Å². The number of nitrogens with zero attached hydrogens (tertiary/aromatic N) is 4. The molecule has 0 unspecified atom stereocenters. The summed E-state index contributed by atoms with van der Waals surface area (Å²) in [5.41, 5.74) is 2.10. The number of benzene rings is 1. The van der Waals surface area contributed by atoms with Gasteiger partial charge in [0.2, 0.25) is 5.91 Å². The Hall–Kier alpha value is -1.48. The smallest absolute Gasteiger partial charge is 0.281 e. The Labute approximate surface area is 151 Å². The Morgan fingerprint density at radius 3 is 1.96 bits per heavy atom. The number of likely N-dealkylation sites (N-methyl/N-ethyl adjacent to an activating group) is 1. The molecule has 8 heteroatoms. The second-order valence-electron chi connectivity index (χ2n) is 6.79. The van der Waals surface area contributed by atoms with Crippen molar-refractivity contribution in [3.63, 3.8) is 0 Å². The topological polar surface area (TPSA) is 64.2 Å². The van der Waals surface area contributed by atoms with E-state index in [-0.39, 0.29) is 11.9 Å². The minimum atomic E-state index is -3.42. The van der Waals surface area contributed by atoms with Gasteiger partial charge in [-0.15, -0.1) is 0 Å². The summed E-state index contributed by atoms with van der Waals surface area (Å²) in [7, 11) is 3.38. The summed E-state index contributed by atoms with van der Waals surface area (Å²) < 4.78 is 27.0. The molecule has 0 aromatic heterocycles. The summed E-state index contributed by atoms with van der Waals surface area (Å²) in [5, 5.41) is 0. The van der Waals surface area contributed by atoms with Crippen molar-refractivity contribution in [1.82, 2.24) is 18.4 Å². The predicted molar refractivity (Wildman–Crippen MR) is 98.4 cm³/mol. The second kappa shape index (κ2) is 7.82. The van der Waals surface area contributed by atoms with Crippen molar-refractivity contribution < 1.29 is 13.2 Å². The van der Waals surface area contributed by atoms with Gasteiger partial charge in [-0.05, 0) is 26.6 Å². The molecule has 0 spiro atoms. The standard InChI is InChI=1S/C17H28N4O3S/c1-14-6-8-15(9-7-14)16(18(2)3)17(22)20-10-12-21(13-11-20)25(23,24)19(4)5/h6-9,16H,10-13H2,1-5H3/t16-/m1/s1. The largest absolute Gasteiger partial charge is 0.338 e. The zero-order valence-corrected chi connectivity index (χ0v) is 16.5. The number of amides is 1. The molecule has 1 aliphatic heterocycles. The molecule has 1 aromatic carbocycles. The molecule has 1 heterocycles. The number of aryl methyl sites for hydroxylation is 1. The van der Waals surface area contributed by atoms with Crippen LogP contribution >= 0.6 is 0 Å². The Balaban J connectivity index is 2.11. The number of piperazine rings is 1. The lowest BCUT2D eigenvalue weighted by atomic mass is 10.0. The van der Waals surface area contributed by atoms with Crippen molar-refractivity contribution in [2.45, 2.75) is 13.0 Å². The van der Waals surface area contributed by atoms with Crippen molar-refractivity contribution in [1.29, 1.82) is 0 Å². The molecular formula is C17H28N4O3S.